The number of carbonyl (C=O) groups is 2. The number of nitrogens with one attached hydrogen (secondary N) is 2. The van der Waals surface area contributed by atoms with Gasteiger partial charge in [0.05, 0.1) is 12.5 Å². The lowest BCUT2D eigenvalue weighted by molar-refractivity contribution is -0.132. The monoisotopic (exact) mass is 379 g/mol. The van der Waals surface area contributed by atoms with Crippen LogP contribution in [-0.4, -0.2) is 55.4 Å². The summed E-state index contributed by atoms with van der Waals surface area (Å²) in [5.41, 5.74) is 1.92. The third-order valence-corrected chi connectivity index (χ3v) is 4.72. The number of fused-ring (bicyclic) bond motifs is 1. The van der Waals surface area contributed by atoms with Crippen LogP contribution < -0.4 is 10.6 Å². The summed E-state index contributed by atoms with van der Waals surface area (Å²) in [6, 6.07) is 11.2. The summed E-state index contributed by atoms with van der Waals surface area (Å²) in [5, 5.41) is 13.5. The van der Waals surface area contributed by atoms with Gasteiger partial charge in [-0.25, -0.2) is 4.98 Å². The molecule has 2 N–H and O–H groups in total. The van der Waals surface area contributed by atoms with Gasteiger partial charge in [0, 0.05) is 31.5 Å². The van der Waals surface area contributed by atoms with Gasteiger partial charge in [-0.05, 0) is 18.6 Å². The predicted octanol–water partition coefficient (Wildman–Crippen LogP) is 0.762. The highest BCUT2D eigenvalue weighted by Gasteiger charge is 2.31. The van der Waals surface area contributed by atoms with Crippen LogP contribution in [0.2, 0.25) is 0 Å². The normalized spacial score (nSPS) is 17.5. The third-order valence-electron chi connectivity index (χ3n) is 4.72. The van der Waals surface area contributed by atoms with Crippen LogP contribution in [0.1, 0.15) is 17.7 Å². The van der Waals surface area contributed by atoms with E-state index in [1.807, 2.05) is 48.2 Å². The predicted molar refractivity (Wildman–Crippen MR) is 102 cm³/mol. The topological polar surface area (TPSA) is 105 Å². The minimum Gasteiger partial charge on any atom is -0.353 e. The van der Waals surface area contributed by atoms with Crippen LogP contribution in [0, 0.1) is 6.92 Å². The molecule has 0 radical (unpaired) electrons. The summed E-state index contributed by atoms with van der Waals surface area (Å²) in [5.74, 6) is 0.269. The van der Waals surface area contributed by atoms with Gasteiger partial charge in [0.2, 0.25) is 17.8 Å². The van der Waals surface area contributed by atoms with Crippen LogP contribution >= 0.6 is 0 Å². The molecule has 1 unspecified atom stereocenters. The zero-order chi connectivity index (χ0) is 19.5. The van der Waals surface area contributed by atoms with Gasteiger partial charge in [-0.1, -0.05) is 30.3 Å². The number of benzene rings is 1. The number of aryl methyl sites for hydroxylation is 1. The standard InChI is InChI=1S/C19H21N7O2/c1-13-7-9-26-18(21-13)23-24-19(26)22-16(27)11-15-17(28)20-8-10-25(15)12-14-5-3-2-4-6-14/h2-7,9,15H,8,10-12H2,1H3,(H,20,28)(H,22,24,27). The molecule has 3 aromatic rings. The summed E-state index contributed by atoms with van der Waals surface area (Å²) >= 11 is 0. The Labute approximate surface area is 161 Å². The van der Waals surface area contributed by atoms with Crippen molar-refractivity contribution in [3.8, 4) is 0 Å². The Morgan fingerprint density at radius 1 is 1.25 bits per heavy atom. The average Bonchev–Trinajstić information content (AvgIpc) is 3.07. The van der Waals surface area contributed by atoms with Crippen molar-refractivity contribution in [3.05, 3.63) is 53.9 Å². The largest absolute Gasteiger partial charge is 0.353 e. The van der Waals surface area contributed by atoms with Gasteiger partial charge in [0.15, 0.2) is 0 Å². The lowest BCUT2D eigenvalue weighted by Gasteiger charge is -2.34. The third kappa shape index (κ3) is 3.84. The first-order valence-electron chi connectivity index (χ1n) is 9.14. The van der Waals surface area contributed by atoms with Crippen molar-refractivity contribution in [3.63, 3.8) is 0 Å². The van der Waals surface area contributed by atoms with E-state index in [-0.39, 0.29) is 18.2 Å². The summed E-state index contributed by atoms with van der Waals surface area (Å²) in [6.45, 7) is 3.73. The molecule has 1 aliphatic rings. The van der Waals surface area contributed by atoms with Gasteiger partial charge in [0.1, 0.15) is 0 Å². The molecular formula is C19H21N7O2. The number of anilines is 1. The fraction of sp³-hybridized carbons (Fsp3) is 0.316. The van der Waals surface area contributed by atoms with Crippen molar-refractivity contribution in [2.75, 3.05) is 18.4 Å². The lowest BCUT2D eigenvalue weighted by Crippen LogP contribution is -2.55. The SMILES string of the molecule is Cc1ccn2c(NC(=O)CC3C(=O)NCCN3Cc3ccccc3)nnc2n1. The molecule has 0 spiro atoms. The smallest absolute Gasteiger partial charge is 0.256 e. The molecule has 0 aliphatic carbocycles. The minimum atomic E-state index is -0.534. The van der Waals surface area contributed by atoms with E-state index in [2.05, 4.69) is 25.8 Å². The number of aromatic nitrogens is 4. The van der Waals surface area contributed by atoms with E-state index in [0.29, 0.717) is 31.4 Å². The number of rotatable bonds is 5. The molecule has 4 rings (SSSR count). The van der Waals surface area contributed by atoms with Crippen LogP contribution in [0.4, 0.5) is 5.95 Å². The Morgan fingerprint density at radius 3 is 2.89 bits per heavy atom. The number of piperazine rings is 1. The molecule has 1 aliphatic heterocycles. The molecule has 1 aromatic carbocycles. The Morgan fingerprint density at radius 2 is 2.07 bits per heavy atom. The van der Waals surface area contributed by atoms with Crippen LogP contribution in [-0.2, 0) is 16.1 Å². The first kappa shape index (κ1) is 18.1. The van der Waals surface area contributed by atoms with Crippen LogP contribution in [0.5, 0.6) is 0 Å². The second-order valence-corrected chi connectivity index (χ2v) is 6.78. The fourth-order valence-electron chi connectivity index (χ4n) is 3.30. The molecule has 2 amide bonds. The fourth-order valence-corrected chi connectivity index (χ4v) is 3.30. The second kappa shape index (κ2) is 7.73. The highest BCUT2D eigenvalue weighted by molar-refractivity contribution is 5.94. The maximum atomic E-state index is 12.6. The number of hydrogen-bond acceptors (Lipinski definition) is 6. The van der Waals surface area contributed by atoms with Gasteiger partial charge in [-0.3, -0.25) is 24.2 Å². The minimum absolute atomic E-state index is 0.0346. The maximum Gasteiger partial charge on any atom is 0.256 e. The van der Waals surface area contributed by atoms with Gasteiger partial charge in [0.25, 0.3) is 5.78 Å². The molecule has 3 heterocycles. The number of hydrogen-bond donors (Lipinski definition) is 2. The van der Waals surface area contributed by atoms with E-state index in [1.165, 1.54) is 0 Å². The maximum absolute atomic E-state index is 12.6. The summed E-state index contributed by atoms with van der Waals surface area (Å²) < 4.78 is 1.60. The highest BCUT2D eigenvalue weighted by atomic mass is 16.2. The van der Waals surface area contributed by atoms with Gasteiger partial charge in [-0.2, -0.15) is 0 Å². The Kier molecular flexibility index (Phi) is 4.98. The van der Waals surface area contributed by atoms with Gasteiger partial charge in [-0.15, -0.1) is 10.2 Å². The summed E-state index contributed by atoms with van der Waals surface area (Å²) in [4.78, 5) is 31.3. The molecule has 9 nitrogen and oxygen atoms in total. The van der Waals surface area contributed by atoms with Crippen LogP contribution in [0.25, 0.3) is 5.78 Å². The molecule has 1 fully saturated rings. The molecule has 1 saturated heterocycles. The number of amides is 2. The summed E-state index contributed by atoms with van der Waals surface area (Å²) in [6.07, 6.45) is 1.79. The Bertz CT molecular complexity index is 1000. The highest BCUT2D eigenvalue weighted by Crippen LogP contribution is 2.15. The van der Waals surface area contributed by atoms with Crippen molar-refractivity contribution in [2.45, 2.75) is 25.9 Å². The molecule has 0 bridgehead atoms. The zero-order valence-electron chi connectivity index (χ0n) is 15.5. The molecule has 0 saturated carbocycles. The van der Waals surface area contributed by atoms with Gasteiger partial charge < -0.3 is 5.32 Å². The molecular weight excluding hydrogens is 358 g/mol. The average molecular weight is 379 g/mol. The quantitative estimate of drug-likeness (QED) is 0.678. The Balaban J connectivity index is 1.46. The van der Waals surface area contributed by atoms with Crippen molar-refractivity contribution in [1.82, 2.24) is 29.8 Å². The number of nitrogens with zero attached hydrogens (tertiary/aromatic N) is 5. The second-order valence-electron chi connectivity index (χ2n) is 6.78. The van der Waals surface area contributed by atoms with E-state index >= 15 is 0 Å². The molecule has 9 heteroatoms. The lowest BCUT2D eigenvalue weighted by atomic mass is 10.1. The van der Waals surface area contributed by atoms with Crippen LogP contribution in [0.3, 0.4) is 0 Å². The van der Waals surface area contributed by atoms with Crippen molar-refractivity contribution in [2.24, 2.45) is 0 Å². The first-order valence-corrected chi connectivity index (χ1v) is 9.14. The van der Waals surface area contributed by atoms with E-state index in [4.69, 9.17) is 0 Å². The van der Waals surface area contributed by atoms with E-state index in [1.54, 1.807) is 10.6 Å². The van der Waals surface area contributed by atoms with E-state index in [9.17, 15) is 9.59 Å². The van der Waals surface area contributed by atoms with E-state index in [0.717, 1.165) is 11.3 Å². The Hall–Kier alpha value is -3.33. The summed E-state index contributed by atoms with van der Waals surface area (Å²) in [7, 11) is 0. The molecule has 2 aromatic heterocycles. The molecule has 144 valence electrons. The van der Waals surface area contributed by atoms with Gasteiger partial charge >= 0.3 is 0 Å². The van der Waals surface area contributed by atoms with Crippen molar-refractivity contribution in [1.29, 1.82) is 0 Å². The van der Waals surface area contributed by atoms with Crippen LogP contribution in [0.15, 0.2) is 42.6 Å². The van der Waals surface area contributed by atoms with Crippen molar-refractivity contribution >= 4 is 23.5 Å². The van der Waals surface area contributed by atoms with Crippen molar-refractivity contribution < 1.29 is 9.59 Å². The molecule has 1 atom stereocenters. The molecule has 28 heavy (non-hydrogen) atoms. The zero-order valence-corrected chi connectivity index (χ0v) is 15.5. The first-order chi connectivity index (χ1) is 13.6. The number of carbonyl (C=O) groups excluding carboxylic acids is 2. The van der Waals surface area contributed by atoms with E-state index < -0.39 is 6.04 Å².